The zero-order chi connectivity index (χ0) is 15.6. The zero-order valence-corrected chi connectivity index (χ0v) is 12.2. The molecule has 2 heterocycles. The van der Waals surface area contributed by atoms with E-state index in [1.165, 1.54) is 6.20 Å². The van der Waals surface area contributed by atoms with E-state index in [2.05, 4.69) is 15.4 Å². The van der Waals surface area contributed by atoms with Gasteiger partial charge in [0.15, 0.2) is 5.65 Å². The summed E-state index contributed by atoms with van der Waals surface area (Å²) in [6.45, 7) is 5.65. The molecule has 2 aromatic heterocycles. The van der Waals surface area contributed by atoms with E-state index in [-0.39, 0.29) is 18.4 Å². The van der Waals surface area contributed by atoms with Crippen molar-refractivity contribution in [1.29, 1.82) is 0 Å². The highest BCUT2D eigenvalue weighted by Crippen LogP contribution is 2.16. The molecule has 0 saturated heterocycles. The average molecular weight is 290 g/mol. The van der Waals surface area contributed by atoms with Crippen LogP contribution in [-0.2, 0) is 4.79 Å². The molecule has 1 atom stereocenters. The number of rotatable bonds is 5. The Hall–Kier alpha value is -2.44. The highest BCUT2D eigenvalue weighted by Gasteiger charge is 2.15. The van der Waals surface area contributed by atoms with E-state index in [0.29, 0.717) is 5.56 Å². The first-order valence-electron chi connectivity index (χ1n) is 6.74. The lowest BCUT2D eigenvalue weighted by Gasteiger charge is -2.11. The van der Waals surface area contributed by atoms with Crippen LogP contribution in [0, 0.1) is 0 Å². The predicted molar refractivity (Wildman–Crippen MR) is 77.1 cm³/mol. The first kappa shape index (κ1) is 15.0. The lowest BCUT2D eigenvalue weighted by molar-refractivity contribution is -0.137. The molecule has 2 N–H and O–H groups in total. The summed E-state index contributed by atoms with van der Waals surface area (Å²) in [7, 11) is 0. The number of nitrogens with zero attached hydrogens (tertiary/aromatic N) is 3. The molecule has 0 aliphatic carbocycles. The fourth-order valence-corrected chi connectivity index (χ4v) is 2.06. The molecule has 0 aromatic carbocycles. The van der Waals surface area contributed by atoms with Crippen LogP contribution in [0.15, 0.2) is 18.5 Å². The summed E-state index contributed by atoms with van der Waals surface area (Å²) in [5.41, 5.74) is 1.11. The van der Waals surface area contributed by atoms with Crippen molar-refractivity contribution >= 4 is 22.9 Å². The molecule has 0 fully saturated rings. The van der Waals surface area contributed by atoms with Gasteiger partial charge in [-0.2, -0.15) is 5.10 Å². The molecule has 112 valence electrons. The van der Waals surface area contributed by atoms with Crippen LogP contribution in [0.5, 0.6) is 0 Å². The number of nitrogens with one attached hydrogen (secondary N) is 1. The normalized spacial score (nSPS) is 12.6. The van der Waals surface area contributed by atoms with Gasteiger partial charge in [0, 0.05) is 23.7 Å². The number of amides is 1. The minimum atomic E-state index is -0.949. The Morgan fingerprint density at radius 1 is 1.33 bits per heavy atom. The number of aliphatic carboxylic acids is 1. The van der Waals surface area contributed by atoms with Crippen LogP contribution in [0.4, 0.5) is 0 Å². The van der Waals surface area contributed by atoms with Gasteiger partial charge in [-0.25, -0.2) is 9.67 Å². The maximum absolute atomic E-state index is 12.0. The van der Waals surface area contributed by atoms with Gasteiger partial charge in [-0.3, -0.25) is 9.59 Å². The van der Waals surface area contributed by atoms with Crippen molar-refractivity contribution in [3.63, 3.8) is 0 Å². The average Bonchev–Trinajstić information content (AvgIpc) is 2.80. The third kappa shape index (κ3) is 3.36. The fraction of sp³-hybridized carbons (Fsp3) is 0.429. The number of hydrogen-bond donors (Lipinski definition) is 2. The first-order chi connectivity index (χ1) is 9.88. The molecule has 7 heteroatoms. The Bertz CT molecular complexity index is 678. The zero-order valence-electron chi connectivity index (χ0n) is 12.2. The number of carboxylic acid groups (broad SMARTS) is 1. The summed E-state index contributed by atoms with van der Waals surface area (Å²) in [6, 6.07) is 1.45. The van der Waals surface area contributed by atoms with Gasteiger partial charge in [0.25, 0.3) is 5.91 Å². The molecular formula is C14H18N4O3. The summed E-state index contributed by atoms with van der Waals surface area (Å²) in [6.07, 6.45) is 3.03. The molecule has 1 unspecified atom stereocenters. The third-order valence-electron chi connectivity index (χ3n) is 3.04. The van der Waals surface area contributed by atoms with Crippen LogP contribution in [0.1, 0.15) is 43.6 Å². The number of hydrogen-bond acceptors (Lipinski definition) is 4. The number of carbonyl (C=O) groups is 2. The minimum absolute atomic E-state index is 0.118. The topological polar surface area (TPSA) is 97.1 Å². The maximum atomic E-state index is 12.0. The minimum Gasteiger partial charge on any atom is -0.481 e. The Morgan fingerprint density at radius 2 is 2.05 bits per heavy atom. The van der Waals surface area contributed by atoms with Crippen molar-refractivity contribution in [2.45, 2.75) is 39.3 Å². The Morgan fingerprint density at radius 3 is 2.67 bits per heavy atom. The molecule has 2 rings (SSSR count). The summed E-state index contributed by atoms with van der Waals surface area (Å²) >= 11 is 0. The largest absolute Gasteiger partial charge is 0.481 e. The summed E-state index contributed by atoms with van der Waals surface area (Å²) in [5.74, 6) is -1.29. The van der Waals surface area contributed by atoms with E-state index in [4.69, 9.17) is 5.11 Å². The van der Waals surface area contributed by atoms with Crippen LogP contribution in [-0.4, -0.2) is 37.8 Å². The molecule has 0 spiro atoms. The fourth-order valence-electron chi connectivity index (χ4n) is 2.06. The van der Waals surface area contributed by atoms with Gasteiger partial charge >= 0.3 is 5.97 Å². The van der Waals surface area contributed by atoms with Gasteiger partial charge in [-0.05, 0) is 26.8 Å². The van der Waals surface area contributed by atoms with E-state index in [9.17, 15) is 9.59 Å². The van der Waals surface area contributed by atoms with Gasteiger partial charge < -0.3 is 10.4 Å². The number of fused-ring (bicyclic) bond motifs is 1. The number of aromatic nitrogens is 3. The molecule has 21 heavy (non-hydrogen) atoms. The lowest BCUT2D eigenvalue weighted by atomic mass is 10.2. The molecule has 0 aliphatic rings. The molecule has 1 amide bonds. The molecule has 0 radical (unpaired) electrons. The van der Waals surface area contributed by atoms with Crippen molar-refractivity contribution in [3.05, 3.63) is 24.0 Å². The second-order valence-corrected chi connectivity index (χ2v) is 5.29. The van der Waals surface area contributed by atoms with Gasteiger partial charge in [0.05, 0.1) is 18.2 Å². The quantitative estimate of drug-likeness (QED) is 0.871. The molecular weight excluding hydrogens is 272 g/mol. The van der Waals surface area contributed by atoms with E-state index in [0.717, 1.165) is 11.0 Å². The Labute approximate surface area is 122 Å². The van der Waals surface area contributed by atoms with Crippen molar-refractivity contribution in [3.8, 4) is 0 Å². The summed E-state index contributed by atoms with van der Waals surface area (Å²) in [4.78, 5) is 26.9. The van der Waals surface area contributed by atoms with Crippen molar-refractivity contribution in [2.75, 3.05) is 0 Å². The third-order valence-corrected chi connectivity index (χ3v) is 3.04. The van der Waals surface area contributed by atoms with Crippen LogP contribution >= 0.6 is 0 Å². The Kier molecular flexibility index (Phi) is 4.21. The number of pyridine rings is 1. The SMILES string of the molecule is CC(CC(=O)O)NC(=O)c1cnc2c(cnn2C(C)C)c1. The highest BCUT2D eigenvalue weighted by molar-refractivity contribution is 5.97. The standard InChI is InChI=1S/C14H18N4O3/c1-8(2)18-13-10(7-16-18)5-11(6-15-13)14(21)17-9(3)4-12(19)20/h5-9H,4H2,1-3H3,(H,17,21)(H,19,20). The molecule has 0 aliphatic heterocycles. The van der Waals surface area contributed by atoms with Crippen LogP contribution < -0.4 is 5.32 Å². The first-order valence-corrected chi connectivity index (χ1v) is 6.74. The predicted octanol–water partition coefficient (Wildman–Crippen LogP) is 1.61. The van der Waals surface area contributed by atoms with Crippen molar-refractivity contribution in [2.24, 2.45) is 0 Å². The van der Waals surface area contributed by atoms with E-state index in [1.54, 1.807) is 23.9 Å². The molecule has 2 aromatic rings. The second-order valence-electron chi connectivity index (χ2n) is 5.29. The molecule has 0 saturated carbocycles. The van der Waals surface area contributed by atoms with Gasteiger partial charge in [0.2, 0.25) is 0 Å². The van der Waals surface area contributed by atoms with Crippen LogP contribution in [0.2, 0.25) is 0 Å². The Balaban J connectivity index is 2.19. The van der Waals surface area contributed by atoms with Crippen LogP contribution in [0.3, 0.4) is 0 Å². The molecule has 7 nitrogen and oxygen atoms in total. The lowest BCUT2D eigenvalue weighted by Crippen LogP contribution is -2.34. The van der Waals surface area contributed by atoms with Gasteiger partial charge in [0.1, 0.15) is 0 Å². The van der Waals surface area contributed by atoms with Gasteiger partial charge in [-0.15, -0.1) is 0 Å². The monoisotopic (exact) mass is 290 g/mol. The molecule has 0 bridgehead atoms. The number of carboxylic acids is 1. The van der Waals surface area contributed by atoms with E-state index >= 15 is 0 Å². The van der Waals surface area contributed by atoms with E-state index in [1.807, 2.05) is 13.8 Å². The second kappa shape index (κ2) is 5.90. The number of carbonyl (C=O) groups excluding carboxylic acids is 1. The maximum Gasteiger partial charge on any atom is 0.305 e. The smallest absolute Gasteiger partial charge is 0.305 e. The van der Waals surface area contributed by atoms with Crippen LogP contribution in [0.25, 0.3) is 11.0 Å². The highest BCUT2D eigenvalue weighted by atomic mass is 16.4. The van der Waals surface area contributed by atoms with E-state index < -0.39 is 12.0 Å². The van der Waals surface area contributed by atoms with Crippen molar-refractivity contribution < 1.29 is 14.7 Å². The van der Waals surface area contributed by atoms with Gasteiger partial charge in [-0.1, -0.05) is 0 Å². The summed E-state index contributed by atoms with van der Waals surface area (Å²) < 4.78 is 1.78. The van der Waals surface area contributed by atoms with Crippen molar-refractivity contribution in [1.82, 2.24) is 20.1 Å². The summed E-state index contributed by atoms with van der Waals surface area (Å²) in [5, 5.41) is 16.3.